The van der Waals surface area contributed by atoms with Crippen molar-refractivity contribution >= 4 is 12.0 Å². The third-order valence-electron chi connectivity index (χ3n) is 4.94. The van der Waals surface area contributed by atoms with Crippen LogP contribution in [-0.2, 0) is 4.79 Å². The zero-order valence-corrected chi connectivity index (χ0v) is 12.3. The molecule has 5 nitrogen and oxygen atoms in total. The van der Waals surface area contributed by atoms with Crippen LogP contribution in [0.4, 0.5) is 4.79 Å². The average molecular weight is 282 g/mol. The molecule has 20 heavy (non-hydrogen) atoms. The summed E-state index contributed by atoms with van der Waals surface area (Å²) in [6.07, 6.45) is 8.46. The van der Waals surface area contributed by atoms with Crippen molar-refractivity contribution in [1.82, 2.24) is 10.6 Å². The molecular formula is C15H26N2O3. The summed E-state index contributed by atoms with van der Waals surface area (Å²) >= 11 is 0. The van der Waals surface area contributed by atoms with E-state index in [0.29, 0.717) is 18.8 Å². The summed E-state index contributed by atoms with van der Waals surface area (Å²) in [7, 11) is 0. The summed E-state index contributed by atoms with van der Waals surface area (Å²) in [5.41, 5.74) is -1.07. The minimum absolute atomic E-state index is 0.125. The number of rotatable bonds is 4. The first-order valence-corrected chi connectivity index (χ1v) is 7.85. The Balaban J connectivity index is 1.92. The van der Waals surface area contributed by atoms with Gasteiger partial charge < -0.3 is 15.7 Å². The number of urea groups is 1. The van der Waals surface area contributed by atoms with Crippen molar-refractivity contribution in [3.63, 3.8) is 0 Å². The second-order valence-corrected chi connectivity index (χ2v) is 6.38. The van der Waals surface area contributed by atoms with Gasteiger partial charge in [-0.25, -0.2) is 9.59 Å². The maximum absolute atomic E-state index is 12.1. The van der Waals surface area contributed by atoms with Gasteiger partial charge in [0, 0.05) is 6.04 Å². The number of amides is 2. The van der Waals surface area contributed by atoms with Crippen molar-refractivity contribution in [1.29, 1.82) is 0 Å². The van der Waals surface area contributed by atoms with Gasteiger partial charge in [-0.15, -0.1) is 0 Å². The van der Waals surface area contributed by atoms with Gasteiger partial charge in [0.15, 0.2) is 0 Å². The lowest BCUT2D eigenvalue weighted by molar-refractivity contribution is -0.145. The molecule has 2 aliphatic rings. The number of carbonyl (C=O) groups is 2. The maximum atomic E-state index is 12.1. The van der Waals surface area contributed by atoms with Crippen LogP contribution in [0, 0.1) is 5.92 Å². The van der Waals surface area contributed by atoms with Crippen LogP contribution in [0.3, 0.4) is 0 Å². The highest BCUT2D eigenvalue weighted by molar-refractivity contribution is 5.86. The van der Waals surface area contributed by atoms with Crippen LogP contribution < -0.4 is 10.6 Å². The Labute approximate surface area is 120 Å². The monoisotopic (exact) mass is 282 g/mol. The van der Waals surface area contributed by atoms with Gasteiger partial charge in [-0.3, -0.25) is 0 Å². The summed E-state index contributed by atoms with van der Waals surface area (Å²) < 4.78 is 0. The Hall–Kier alpha value is -1.26. The normalized spacial score (nSPS) is 24.1. The van der Waals surface area contributed by atoms with Crippen molar-refractivity contribution in [3.05, 3.63) is 0 Å². The van der Waals surface area contributed by atoms with Crippen LogP contribution in [0.2, 0.25) is 0 Å². The fourth-order valence-corrected chi connectivity index (χ4v) is 3.24. The number of carboxylic acid groups (broad SMARTS) is 1. The Morgan fingerprint density at radius 3 is 2.15 bits per heavy atom. The Kier molecular flexibility index (Phi) is 4.89. The minimum Gasteiger partial charge on any atom is -0.480 e. The second-order valence-electron chi connectivity index (χ2n) is 6.38. The summed E-state index contributed by atoms with van der Waals surface area (Å²) in [6.45, 7) is 2.00. The van der Waals surface area contributed by atoms with E-state index in [1.54, 1.807) is 0 Å². The minimum atomic E-state index is -1.07. The number of hydrogen-bond donors (Lipinski definition) is 3. The molecule has 0 spiro atoms. The van der Waals surface area contributed by atoms with Gasteiger partial charge in [0.25, 0.3) is 0 Å². The number of nitrogens with one attached hydrogen (secondary N) is 2. The van der Waals surface area contributed by atoms with Gasteiger partial charge in [-0.2, -0.15) is 0 Å². The molecule has 0 bridgehead atoms. The van der Waals surface area contributed by atoms with E-state index in [0.717, 1.165) is 38.5 Å². The third-order valence-corrected chi connectivity index (χ3v) is 4.94. The molecule has 1 atom stereocenters. The molecule has 3 N–H and O–H groups in total. The zero-order valence-electron chi connectivity index (χ0n) is 12.3. The molecule has 0 saturated heterocycles. The first-order chi connectivity index (χ1) is 9.53. The van der Waals surface area contributed by atoms with Gasteiger partial charge in [-0.05, 0) is 38.5 Å². The van der Waals surface area contributed by atoms with Crippen molar-refractivity contribution in [2.45, 2.75) is 76.3 Å². The lowest BCUT2D eigenvalue weighted by Gasteiger charge is -2.34. The van der Waals surface area contributed by atoms with Gasteiger partial charge in [0.05, 0.1) is 0 Å². The van der Waals surface area contributed by atoms with Crippen molar-refractivity contribution in [3.8, 4) is 0 Å². The molecule has 2 saturated carbocycles. The van der Waals surface area contributed by atoms with Crippen molar-refractivity contribution in [2.24, 2.45) is 5.92 Å². The van der Waals surface area contributed by atoms with Crippen LogP contribution in [0.1, 0.15) is 64.7 Å². The number of aliphatic carboxylic acids is 1. The van der Waals surface area contributed by atoms with Crippen LogP contribution in [0.15, 0.2) is 0 Å². The van der Waals surface area contributed by atoms with Crippen LogP contribution in [-0.4, -0.2) is 28.7 Å². The van der Waals surface area contributed by atoms with Gasteiger partial charge in [-0.1, -0.05) is 32.1 Å². The molecule has 2 rings (SSSR count). The van der Waals surface area contributed by atoms with Gasteiger partial charge in [0.2, 0.25) is 0 Å². The molecule has 0 aromatic heterocycles. The molecular weight excluding hydrogens is 256 g/mol. The van der Waals surface area contributed by atoms with Crippen LogP contribution in [0.25, 0.3) is 0 Å². The molecule has 1 unspecified atom stereocenters. The highest BCUT2D eigenvalue weighted by Crippen LogP contribution is 2.30. The fourth-order valence-electron chi connectivity index (χ4n) is 3.24. The fraction of sp³-hybridized carbons (Fsp3) is 0.867. The standard InChI is InChI=1S/C15H26N2O3/c1-11(12-7-6-8-12)16-14(20)17-15(13(18)19)9-4-2-3-5-10-15/h11-12H,2-10H2,1H3,(H,18,19)(H2,16,17,20). The van der Waals surface area contributed by atoms with E-state index < -0.39 is 11.5 Å². The summed E-state index contributed by atoms with van der Waals surface area (Å²) in [6, 6.07) is -0.200. The van der Waals surface area contributed by atoms with Gasteiger partial charge >= 0.3 is 12.0 Å². The molecule has 5 heteroatoms. The van der Waals surface area contributed by atoms with E-state index in [-0.39, 0.29) is 12.1 Å². The number of carboxylic acids is 1. The summed E-state index contributed by atoms with van der Waals surface area (Å²) in [5, 5.41) is 15.2. The molecule has 0 aromatic carbocycles. The summed E-state index contributed by atoms with van der Waals surface area (Å²) in [4.78, 5) is 23.7. The molecule has 114 valence electrons. The van der Waals surface area contributed by atoms with E-state index in [9.17, 15) is 14.7 Å². The SMILES string of the molecule is CC(NC(=O)NC1(C(=O)O)CCCCCC1)C1CCC1. The highest BCUT2D eigenvalue weighted by atomic mass is 16.4. The number of hydrogen-bond acceptors (Lipinski definition) is 2. The van der Waals surface area contributed by atoms with Crippen LogP contribution in [0.5, 0.6) is 0 Å². The smallest absolute Gasteiger partial charge is 0.329 e. The van der Waals surface area contributed by atoms with Crippen molar-refractivity contribution < 1.29 is 14.7 Å². The molecule has 2 aliphatic carbocycles. The van der Waals surface area contributed by atoms with E-state index in [1.807, 2.05) is 6.92 Å². The van der Waals surface area contributed by atoms with E-state index in [2.05, 4.69) is 10.6 Å². The predicted molar refractivity (Wildman–Crippen MR) is 76.5 cm³/mol. The molecule has 0 radical (unpaired) electrons. The molecule has 2 fully saturated rings. The first-order valence-electron chi connectivity index (χ1n) is 7.85. The molecule has 0 aliphatic heterocycles. The predicted octanol–water partition coefficient (Wildman–Crippen LogP) is 2.65. The third kappa shape index (κ3) is 3.44. The Morgan fingerprint density at radius 2 is 1.70 bits per heavy atom. The summed E-state index contributed by atoms with van der Waals surface area (Å²) in [5.74, 6) is -0.346. The molecule has 0 aromatic rings. The zero-order chi connectivity index (χ0) is 14.6. The number of carbonyl (C=O) groups excluding carboxylic acids is 1. The van der Waals surface area contributed by atoms with Crippen molar-refractivity contribution in [2.75, 3.05) is 0 Å². The average Bonchev–Trinajstić information content (AvgIpc) is 2.52. The maximum Gasteiger partial charge on any atom is 0.329 e. The Morgan fingerprint density at radius 1 is 1.10 bits per heavy atom. The van der Waals surface area contributed by atoms with E-state index in [1.165, 1.54) is 6.42 Å². The lowest BCUT2D eigenvalue weighted by Crippen LogP contribution is -2.58. The Bertz CT molecular complexity index is 358. The highest BCUT2D eigenvalue weighted by Gasteiger charge is 2.40. The lowest BCUT2D eigenvalue weighted by atomic mass is 9.80. The second kappa shape index (κ2) is 6.46. The molecule has 0 heterocycles. The van der Waals surface area contributed by atoms with Crippen LogP contribution >= 0.6 is 0 Å². The first kappa shape index (κ1) is 15.1. The quantitative estimate of drug-likeness (QED) is 0.694. The van der Waals surface area contributed by atoms with E-state index >= 15 is 0 Å². The largest absolute Gasteiger partial charge is 0.480 e. The van der Waals surface area contributed by atoms with Gasteiger partial charge in [0.1, 0.15) is 5.54 Å². The topological polar surface area (TPSA) is 78.4 Å². The molecule has 2 amide bonds. The van der Waals surface area contributed by atoms with E-state index in [4.69, 9.17) is 0 Å².